The summed E-state index contributed by atoms with van der Waals surface area (Å²) in [5.41, 5.74) is 11.7. The molecular formula is C44H28N4. The van der Waals surface area contributed by atoms with Gasteiger partial charge in [-0.1, -0.05) is 115 Å². The molecule has 0 radical (unpaired) electrons. The summed E-state index contributed by atoms with van der Waals surface area (Å²) in [6, 6.07) is 51.0. The minimum atomic E-state index is 0.269. The van der Waals surface area contributed by atoms with Gasteiger partial charge in [0, 0.05) is 33.6 Å². The summed E-state index contributed by atoms with van der Waals surface area (Å²) < 4.78 is 2.14. The van der Waals surface area contributed by atoms with Crippen LogP contribution in [0.4, 0.5) is 11.4 Å². The zero-order valence-corrected chi connectivity index (χ0v) is 26.0. The van der Waals surface area contributed by atoms with Crippen LogP contribution in [0, 0.1) is 22.7 Å². The Balaban J connectivity index is 1.11. The maximum atomic E-state index is 10.3. The summed E-state index contributed by atoms with van der Waals surface area (Å²) in [5.74, 6) is 0.355. The normalized spacial score (nSPS) is 16.1. The minimum Gasteiger partial charge on any atom is -0.333 e. The van der Waals surface area contributed by atoms with Crippen LogP contribution in [0.2, 0.25) is 0 Å². The summed E-state index contributed by atoms with van der Waals surface area (Å²) >= 11 is 0. The number of para-hydroxylation sites is 3. The minimum absolute atomic E-state index is 0.269. The van der Waals surface area contributed by atoms with Gasteiger partial charge in [-0.2, -0.15) is 10.5 Å². The van der Waals surface area contributed by atoms with Crippen molar-refractivity contribution in [1.82, 2.24) is 4.57 Å². The topological polar surface area (TPSA) is 55.8 Å². The summed E-state index contributed by atoms with van der Waals surface area (Å²) in [4.78, 5) is 2.44. The number of hydrogen-bond donors (Lipinski definition) is 0. The molecule has 0 amide bonds. The van der Waals surface area contributed by atoms with Gasteiger partial charge in [-0.15, -0.1) is 0 Å². The van der Waals surface area contributed by atoms with Crippen molar-refractivity contribution in [2.75, 3.05) is 4.90 Å². The van der Waals surface area contributed by atoms with Gasteiger partial charge in [-0.25, -0.2) is 0 Å². The van der Waals surface area contributed by atoms with E-state index in [1.165, 1.54) is 16.9 Å². The molecule has 4 nitrogen and oxygen atoms in total. The molecule has 2 heterocycles. The second kappa shape index (κ2) is 11.0. The van der Waals surface area contributed by atoms with Gasteiger partial charge in [0.15, 0.2) is 0 Å². The highest BCUT2D eigenvalue weighted by molar-refractivity contribution is 6.11. The van der Waals surface area contributed by atoms with Crippen LogP contribution in [0.3, 0.4) is 0 Å². The zero-order valence-electron chi connectivity index (χ0n) is 26.0. The van der Waals surface area contributed by atoms with Gasteiger partial charge in [0.25, 0.3) is 0 Å². The molecule has 1 aliphatic carbocycles. The van der Waals surface area contributed by atoms with Gasteiger partial charge in [0.2, 0.25) is 0 Å². The first-order chi connectivity index (χ1) is 23.7. The fourth-order valence-corrected chi connectivity index (χ4v) is 7.72. The maximum absolute atomic E-state index is 10.3. The first-order valence-electron chi connectivity index (χ1n) is 16.1. The molecule has 1 aromatic heterocycles. The van der Waals surface area contributed by atoms with E-state index in [2.05, 4.69) is 137 Å². The van der Waals surface area contributed by atoms with E-state index >= 15 is 0 Å². The van der Waals surface area contributed by atoms with E-state index < -0.39 is 0 Å². The number of benzene rings is 6. The number of aromatic nitrogens is 1. The molecule has 2 unspecified atom stereocenters. The van der Waals surface area contributed by atoms with Gasteiger partial charge in [0.1, 0.15) is 6.07 Å². The van der Waals surface area contributed by atoms with Gasteiger partial charge >= 0.3 is 0 Å². The summed E-state index contributed by atoms with van der Waals surface area (Å²) in [7, 11) is 0. The summed E-state index contributed by atoms with van der Waals surface area (Å²) in [6.45, 7) is 0. The van der Waals surface area contributed by atoms with E-state index in [-0.39, 0.29) is 6.04 Å². The predicted molar refractivity (Wildman–Crippen MR) is 194 cm³/mol. The molecule has 0 saturated heterocycles. The van der Waals surface area contributed by atoms with E-state index in [0.29, 0.717) is 17.0 Å². The largest absolute Gasteiger partial charge is 0.333 e. The molecule has 2 atom stereocenters. The van der Waals surface area contributed by atoms with Gasteiger partial charge in [-0.05, 0) is 64.7 Å². The highest BCUT2D eigenvalue weighted by Crippen LogP contribution is 2.47. The van der Waals surface area contributed by atoms with Crippen molar-refractivity contribution in [3.8, 4) is 40.1 Å². The lowest BCUT2D eigenvalue weighted by atomic mass is 9.91. The monoisotopic (exact) mass is 612 g/mol. The molecule has 9 rings (SSSR count). The van der Waals surface area contributed by atoms with E-state index in [1.54, 1.807) is 0 Å². The van der Waals surface area contributed by atoms with Crippen molar-refractivity contribution in [2.24, 2.45) is 0 Å². The molecule has 1 aliphatic heterocycles. The lowest BCUT2D eigenvalue weighted by Crippen LogP contribution is -2.28. The molecule has 0 saturated carbocycles. The molecule has 0 spiro atoms. The van der Waals surface area contributed by atoms with Crippen molar-refractivity contribution in [3.05, 3.63) is 174 Å². The standard InChI is InChI=1S/C44H28N4/c45-27-32-9-8-18-42(48-41-17-6-3-13-37(41)38-14-7-10-33(28-46)44(38)48)43(32)31-21-19-29(20-22-31)30-23-25-34(26-24-30)47-39-15-4-1-11-35(39)36-12-2-5-16-40(36)47/h1-26,35,39H. The van der Waals surface area contributed by atoms with Crippen LogP contribution >= 0.6 is 0 Å². The van der Waals surface area contributed by atoms with Crippen molar-refractivity contribution in [1.29, 1.82) is 10.5 Å². The first kappa shape index (κ1) is 27.7. The Bertz CT molecular complexity index is 2540. The lowest BCUT2D eigenvalue weighted by Gasteiger charge is -2.28. The number of nitrogens with zero attached hydrogens (tertiary/aromatic N) is 4. The van der Waals surface area contributed by atoms with E-state index in [9.17, 15) is 10.5 Å². The van der Waals surface area contributed by atoms with Crippen LogP contribution in [0.1, 0.15) is 22.6 Å². The van der Waals surface area contributed by atoms with Crippen LogP contribution in [-0.2, 0) is 0 Å². The van der Waals surface area contributed by atoms with Crippen molar-refractivity contribution in [2.45, 2.75) is 12.0 Å². The first-order valence-corrected chi connectivity index (χ1v) is 16.1. The second-order valence-corrected chi connectivity index (χ2v) is 12.3. The SMILES string of the molecule is N#Cc1cccc(-n2c3ccccc3c3cccc(C#N)c32)c1-c1ccc(-c2ccc(N3c4ccccc4C4C=CC=CC43)cc2)cc1. The predicted octanol–water partition coefficient (Wildman–Crippen LogP) is 10.6. The fourth-order valence-electron chi connectivity index (χ4n) is 7.72. The molecule has 0 bridgehead atoms. The van der Waals surface area contributed by atoms with Gasteiger partial charge in [-0.3, -0.25) is 0 Å². The number of allylic oxidation sites excluding steroid dienone is 2. The Labute approximate surface area is 279 Å². The second-order valence-electron chi connectivity index (χ2n) is 12.3. The van der Waals surface area contributed by atoms with Gasteiger partial charge in [0.05, 0.1) is 40.0 Å². The number of hydrogen-bond acceptors (Lipinski definition) is 3. The molecule has 0 fully saturated rings. The quantitative estimate of drug-likeness (QED) is 0.199. The van der Waals surface area contributed by atoms with Crippen LogP contribution in [0.5, 0.6) is 0 Å². The van der Waals surface area contributed by atoms with Crippen molar-refractivity contribution < 1.29 is 0 Å². The number of nitriles is 2. The van der Waals surface area contributed by atoms with E-state index in [1.807, 2.05) is 42.5 Å². The third kappa shape index (κ3) is 4.14. The van der Waals surface area contributed by atoms with Gasteiger partial charge < -0.3 is 9.47 Å². The number of fused-ring (bicyclic) bond motifs is 6. The molecule has 2 aliphatic rings. The average Bonchev–Trinajstić information content (AvgIpc) is 3.68. The Hall–Kier alpha value is -6.62. The molecule has 0 N–H and O–H groups in total. The Morgan fingerprint density at radius 3 is 1.96 bits per heavy atom. The number of rotatable bonds is 4. The lowest BCUT2D eigenvalue weighted by molar-refractivity contribution is 0.745. The summed E-state index contributed by atoms with van der Waals surface area (Å²) in [6.07, 6.45) is 8.90. The fraction of sp³-hybridized carbons (Fsp3) is 0.0455. The average molecular weight is 613 g/mol. The molecular weight excluding hydrogens is 585 g/mol. The smallest absolute Gasteiger partial charge is 0.101 e. The highest BCUT2D eigenvalue weighted by Gasteiger charge is 2.36. The molecule has 224 valence electrons. The maximum Gasteiger partial charge on any atom is 0.101 e. The van der Waals surface area contributed by atoms with Crippen LogP contribution in [-0.4, -0.2) is 10.6 Å². The molecule has 48 heavy (non-hydrogen) atoms. The molecule has 4 heteroatoms. The molecule has 6 aromatic carbocycles. The van der Waals surface area contributed by atoms with Crippen LogP contribution in [0.25, 0.3) is 49.7 Å². The Morgan fingerprint density at radius 1 is 0.521 bits per heavy atom. The Kier molecular flexibility index (Phi) is 6.35. The van der Waals surface area contributed by atoms with Crippen LogP contribution < -0.4 is 4.90 Å². The molecule has 7 aromatic rings. The third-order valence-electron chi connectivity index (χ3n) is 9.83. The van der Waals surface area contributed by atoms with Crippen molar-refractivity contribution in [3.63, 3.8) is 0 Å². The highest BCUT2D eigenvalue weighted by atomic mass is 15.2. The zero-order chi connectivity index (χ0) is 32.2. The Morgan fingerprint density at radius 2 is 1.15 bits per heavy atom. The van der Waals surface area contributed by atoms with Crippen molar-refractivity contribution >= 4 is 33.2 Å². The third-order valence-corrected chi connectivity index (χ3v) is 9.83. The van der Waals surface area contributed by atoms with E-state index in [0.717, 1.165) is 49.7 Å². The number of anilines is 2. The van der Waals surface area contributed by atoms with E-state index in [4.69, 9.17) is 0 Å². The summed E-state index contributed by atoms with van der Waals surface area (Å²) in [5, 5.41) is 22.5. The van der Waals surface area contributed by atoms with Crippen LogP contribution in [0.15, 0.2) is 158 Å².